The van der Waals surface area contributed by atoms with Gasteiger partial charge >= 0.3 is 0 Å². The molecule has 1 nitrogen and oxygen atoms in total. The molecule has 0 unspecified atom stereocenters. The first kappa shape index (κ1) is 11.0. The topological polar surface area (TPSA) is 3.24 Å². The van der Waals surface area contributed by atoms with E-state index in [0.29, 0.717) is 0 Å². The fraction of sp³-hybridized carbons (Fsp3) is 1.00. The molecule has 0 aromatic heterocycles. The number of nitrogens with zero attached hydrogens (tertiary/aromatic N) is 1. The average molecular weight is 183 g/mol. The first-order valence-electron chi connectivity index (χ1n) is 5.94. The van der Waals surface area contributed by atoms with E-state index in [1.165, 1.54) is 45.3 Å². The molecule has 13 heavy (non-hydrogen) atoms. The molecule has 1 rings (SSSR count). The van der Waals surface area contributed by atoms with E-state index in [9.17, 15) is 0 Å². The summed E-state index contributed by atoms with van der Waals surface area (Å²) in [7, 11) is 0. The Morgan fingerprint density at radius 2 is 1.92 bits per heavy atom. The summed E-state index contributed by atoms with van der Waals surface area (Å²) in [6, 6.07) is 0. The van der Waals surface area contributed by atoms with Crippen LogP contribution in [0.25, 0.3) is 0 Å². The van der Waals surface area contributed by atoms with E-state index in [-0.39, 0.29) is 0 Å². The summed E-state index contributed by atoms with van der Waals surface area (Å²) < 4.78 is 0. The predicted molar refractivity (Wildman–Crippen MR) is 58.9 cm³/mol. The van der Waals surface area contributed by atoms with Crippen molar-refractivity contribution in [3.05, 3.63) is 0 Å². The Kier molecular flexibility index (Phi) is 4.79. The highest BCUT2D eigenvalue weighted by atomic mass is 15.1. The van der Waals surface area contributed by atoms with E-state index in [2.05, 4.69) is 25.7 Å². The Morgan fingerprint density at radius 1 is 1.23 bits per heavy atom. The van der Waals surface area contributed by atoms with Gasteiger partial charge in [-0.25, -0.2) is 0 Å². The van der Waals surface area contributed by atoms with E-state index in [4.69, 9.17) is 0 Å². The highest BCUT2D eigenvalue weighted by Crippen LogP contribution is 2.29. The molecule has 0 aromatic rings. The van der Waals surface area contributed by atoms with Crippen LogP contribution in [0.5, 0.6) is 0 Å². The molecule has 0 amide bonds. The van der Waals surface area contributed by atoms with Crippen molar-refractivity contribution in [1.29, 1.82) is 0 Å². The Hall–Kier alpha value is -0.0400. The van der Waals surface area contributed by atoms with Gasteiger partial charge in [-0.3, -0.25) is 0 Å². The van der Waals surface area contributed by atoms with Crippen LogP contribution in [0.1, 0.15) is 46.5 Å². The summed E-state index contributed by atoms with van der Waals surface area (Å²) in [4.78, 5) is 2.66. The van der Waals surface area contributed by atoms with Crippen LogP contribution in [0.15, 0.2) is 0 Å². The van der Waals surface area contributed by atoms with E-state index in [1.54, 1.807) is 0 Å². The summed E-state index contributed by atoms with van der Waals surface area (Å²) in [6.45, 7) is 10.9. The smallest absolute Gasteiger partial charge is 0.000966 e. The van der Waals surface area contributed by atoms with E-state index in [1.807, 2.05) is 0 Å². The third-order valence-electron chi connectivity index (χ3n) is 2.78. The predicted octanol–water partition coefficient (Wildman–Crippen LogP) is 3.15. The lowest BCUT2D eigenvalue weighted by Gasteiger charge is -2.22. The van der Waals surface area contributed by atoms with Crippen molar-refractivity contribution in [2.45, 2.75) is 46.5 Å². The van der Waals surface area contributed by atoms with Crippen molar-refractivity contribution in [3.63, 3.8) is 0 Å². The number of hydrogen-bond donors (Lipinski definition) is 0. The molecule has 0 radical (unpaired) electrons. The molecular weight excluding hydrogens is 158 g/mol. The zero-order valence-corrected chi connectivity index (χ0v) is 9.55. The highest BCUT2D eigenvalue weighted by Gasteiger charge is 2.23. The van der Waals surface area contributed by atoms with Crippen LogP contribution in [0.4, 0.5) is 0 Å². The van der Waals surface area contributed by atoms with Gasteiger partial charge in [-0.2, -0.15) is 0 Å². The van der Waals surface area contributed by atoms with Gasteiger partial charge < -0.3 is 4.90 Å². The van der Waals surface area contributed by atoms with Crippen molar-refractivity contribution >= 4 is 0 Å². The molecule has 0 bridgehead atoms. The molecule has 0 aliphatic heterocycles. The maximum absolute atomic E-state index is 2.66. The molecule has 1 aliphatic rings. The Bertz CT molecular complexity index is 127. The molecule has 0 N–H and O–H groups in total. The maximum atomic E-state index is 2.66. The van der Waals surface area contributed by atoms with Gasteiger partial charge in [0.1, 0.15) is 0 Å². The second kappa shape index (κ2) is 5.64. The van der Waals surface area contributed by atoms with Crippen molar-refractivity contribution in [1.82, 2.24) is 4.90 Å². The second-order valence-corrected chi connectivity index (χ2v) is 4.93. The molecular formula is C12H25N. The van der Waals surface area contributed by atoms with Gasteiger partial charge in [0.25, 0.3) is 0 Å². The van der Waals surface area contributed by atoms with Crippen LogP contribution in [0, 0.1) is 11.8 Å². The first-order chi connectivity index (χ1) is 6.22. The molecule has 0 atom stereocenters. The zero-order chi connectivity index (χ0) is 9.68. The standard InChI is InChI=1S/C12H25N/c1-4-8-13(9-7-11(2)3)10-12-5-6-12/h11-12H,4-10H2,1-3H3. The quantitative estimate of drug-likeness (QED) is 0.586. The summed E-state index contributed by atoms with van der Waals surface area (Å²) in [6.07, 6.45) is 5.65. The van der Waals surface area contributed by atoms with Crippen LogP contribution in [-0.2, 0) is 0 Å². The lowest BCUT2D eigenvalue weighted by atomic mass is 10.1. The summed E-state index contributed by atoms with van der Waals surface area (Å²) in [5, 5.41) is 0. The monoisotopic (exact) mass is 183 g/mol. The normalized spacial score (nSPS) is 17.3. The third kappa shape index (κ3) is 5.30. The van der Waals surface area contributed by atoms with Crippen molar-refractivity contribution in [2.24, 2.45) is 11.8 Å². The molecule has 1 aliphatic carbocycles. The first-order valence-corrected chi connectivity index (χ1v) is 5.94. The van der Waals surface area contributed by atoms with Gasteiger partial charge in [-0.15, -0.1) is 0 Å². The summed E-state index contributed by atoms with van der Waals surface area (Å²) in [5.41, 5.74) is 0. The molecule has 78 valence electrons. The Morgan fingerprint density at radius 3 is 2.38 bits per heavy atom. The van der Waals surface area contributed by atoms with Crippen LogP contribution in [0.3, 0.4) is 0 Å². The maximum Gasteiger partial charge on any atom is 0.000966 e. The molecule has 0 saturated heterocycles. The molecule has 1 saturated carbocycles. The van der Waals surface area contributed by atoms with Gasteiger partial charge in [0.2, 0.25) is 0 Å². The minimum Gasteiger partial charge on any atom is -0.303 e. The van der Waals surface area contributed by atoms with Crippen molar-refractivity contribution < 1.29 is 0 Å². The highest BCUT2D eigenvalue weighted by molar-refractivity contribution is 4.77. The van der Waals surface area contributed by atoms with Crippen LogP contribution in [-0.4, -0.2) is 24.5 Å². The lowest BCUT2D eigenvalue weighted by Crippen LogP contribution is -2.28. The van der Waals surface area contributed by atoms with E-state index in [0.717, 1.165) is 11.8 Å². The molecule has 1 heteroatoms. The Balaban J connectivity index is 2.11. The van der Waals surface area contributed by atoms with E-state index < -0.39 is 0 Å². The lowest BCUT2D eigenvalue weighted by molar-refractivity contribution is 0.248. The molecule has 1 fully saturated rings. The molecule has 0 heterocycles. The minimum absolute atomic E-state index is 0.860. The van der Waals surface area contributed by atoms with Gasteiger partial charge in [-0.05, 0) is 50.6 Å². The zero-order valence-electron chi connectivity index (χ0n) is 9.55. The van der Waals surface area contributed by atoms with Crippen LogP contribution < -0.4 is 0 Å². The largest absolute Gasteiger partial charge is 0.303 e. The van der Waals surface area contributed by atoms with Crippen molar-refractivity contribution in [2.75, 3.05) is 19.6 Å². The van der Waals surface area contributed by atoms with E-state index >= 15 is 0 Å². The van der Waals surface area contributed by atoms with Gasteiger partial charge in [-0.1, -0.05) is 20.8 Å². The molecule has 0 aromatic carbocycles. The number of rotatable bonds is 7. The molecule has 0 spiro atoms. The fourth-order valence-electron chi connectivity index (χ4n) is 1.72. The average Bonchev–Trinajstić information content (AvgIpc) is 2.84. The van der Waals surface area contributed by atoms with Gasteiger partial charge in [0, 0.05) is 6.54 Å². The van der Waals surface area contributed by atoms with Crippen molar-refractivity contribution in [3.8, 4) is 0 Å². The fourth-order valence-corrected chi connectivity index (χ4v) is 1.72. The number of hydrogen-bond acceptors (Lipinski definition) is 1. The third-order valence-corrected chi connectivity index (χ3v) is 2.78. The SMILES string of the molecule is CCCN(CCC(C)C)CC1CC1. The minimum atomic E-state index is 0.860. The Labute approximate surface area is 83.5 Å². The second-order valence-electron chi connectivity index (χ2n) is 4.93. The van der Waals surface area contributed by atoms with Crippen LogP contribution >= 0.6 is 0 Å². The van der Waals surface area contributed by atoms with Crippen LogP contribution in [0.2, 0.25) is 0 Å². The summed E-state index contributed by atoms with van der Waals surface area (Å²) in [5.74, 6) is 1.91. The van der Waals surface area contributed by atoms with Gasteiger partial charge in [0.05, 0.1) is 0 Å². The summed E-state index contributed by atoms with van der Waals surface area (Å²) >= 11 is 0. The van der Waals surface area contributed by atoms with Gasteiger partial charge in [0.15, 0.2) is 0 Å².